The van der Waals surface area contributed by atoms with Gasteiger partial charge in [-0.15, -0.1) is 0 Å². The lowest BCUT2D eigenvalue weighted by Crippen LogP contribution is -2.34. The summed E-state index contributed by atoms with van der Waals surface area (Å²) in [5, 5.41) is 32.3. The van der Waals surface area contributed by atoms with Gasteiger partial charge in [0.1, 0.15) is 36.6 Å². The van der Waals surface area contributed by atoms with Crippen LogP contribution in [-0.2, 0) is 39.2 Å². The number of carbonyl (C=O) groups excluding carboxylic acids is 1. The third kappa shape index (κ3) is 14.1. The van der Waals surface area contributed by atoms with Gasteiger partial charge in [-0.3, -0.25) is 13.9 Å². The van der Waals surface area contributed by atoms with Gasteiger partial charge < -0.3 is 64.8 Å². The number of aromatic amines is 2. The molecule has 12 rings (SSSR count). The first-order chi connectivity index (χ1) is 39.7. The van der Waals surface area contributed by atoms with Crippen molar-refractivity contribution >= 4 is 77.6 Å². The quantitative estimate of drug-likeness (QED) is 0.0619. The maximum absolute atomic E-state index is 12.2. The summed E-state index contributed by atoms with van der Waals surface area (Å²) in [5.74, 6) is -2.30. The van der Waals surface area contributed by atoms with Gasteiger partial charge in [-0.05, 0) is 58.7 Å². The van der Waals surface area contributed by atoms with Gasteiger partial charge in [0.25, 0.3) is 38.2 Å². The van der Waals surface area contributed by atoms with Gasteiger partial charge in [0.2, 0.25) is 0 Å². The molecule has 4 aromatic carbocycles. The molecule has 1 amide bonds. The van der Waals surface area contributed by atoms with E-state index in [1.807, 2.05) is 48.5 Å². The summed E-state index contributed by atoms with van der Waals surface area (Å²) in [6, 6.07) is 32.8. The van der Waals surface area contributed by atoms with Crippen molar-refractivity contribution in [1.82, 2.24) is 35.2 Å². The van der Waals surface area contributed by atoms with Crippen LogP contribution in [0.2, 0.25) is 10.0 Å². The number of carbonyl (C=O) groups is 2. The lowest BCUT2D eigenvalue weighted by Gasteiger charge is -2.15. The molecule has 0 aliphatic carbocycles. The van der Waals surface area contributed by atoms with Crippen molar-refractivity contribution in [3.63, 3.8) is 0 Å². The predicted molar refractivity (Wildman–Crippen MR) is 301 cm³/mol. The highest BCUT2D eigenvalue weighted by Crippen LogP contribution is 2.36. The van der Waals surface area contributed by atoms with E-state index in [4.69, 9.17) is 71.6 Å². The van der Waals surface area contributed by atoms with Crippen molar-refractivity contribution in [1.29, 1.82) is 0 Å². The first kappa shape index (κ1) is 59.0. The topological polar surface area (TPSA) is 380 Å². The summed E-state index contributed by atoms with van der Waals surface area (Å²) in [4.78, 5) is 47.6. The highest BCUT2D eigenvalue weighted by molar-refractivity contribution is 7.86. The molecule has 0 radical (unpaired) electrons. The Morgan fingerprint density at radius 1 is 0.566 bits per heavy atom. The molecule has 4 aliphatic heterocycles. The van der Waals surface area contributed by atoms with Gasteiger partial charge in [0, 0.05) is 29.8 Å². The zero-order chi connectivity index (χ0) is 58.7. The molecule has 25 nitrogen and oxygen atoms in total. The number of nitrogens with zero attached hydrogens (tertiary/aromatic N) is 4. The van der Waals surface area contributed by atoms with E-state index >= 15 is 0 Å². The number of hydrogen-bond acceptors (Lipinski definition) is 19. The molecule has 83 heavy (non-hydrogen) atoms. The molecule has 0 saturated carbocycles. The number of carboxylic acid groups (broad SMARTS) is 1. The number of pyridine rings is 2. The maximum atomic E-state index is 12.2. The Labute approximate surface area is 482 Å². The summed E-state index contributed by atoms with van der Waals surface area (Å²) in [7, 11) is -7.94. The lowest BCUT2D eigenvalue weighted by atomic mass is 10.0. The average Bonchev–Trinajstić information content (AvgIpc) is 3.61. The number of ether oxygens (including phenoxy) is 6. The van der Waals surface area contributed by atoms with Crippen LogP contribution in [0.3, 0.4) is 0 Å². The molecule has 10 N–H and O–H groups in total. The molecule has 8 aromatic rings. The SMILES string of the molecule is NCCS(=O)(=O)O.O=C(NCCS(=O)(=O)O)c1ccc(-c2ccc(-c3nc4nc(O[C@@H]5CO[C@H]6[C@@H]5OC[C@H]6O)[nH]c4cc3Cl)cc2)cc1.O=C(O)c1ccc(-c2ccc(-c3nc4nc(O[C@@H]5CO[C@H]6[C@@H]5OC[C@H]6O)[nH]c4cc3Cl)cc2)cc1. The molecule has 8 heterocycles. The van der Waals surface area contributed by atoms with Crippen LogP contribution in [0.15, 0.2) is 109 Å². The number of H-pyrrole nitrogens is 2. The highest BCUT2D eigenvalue weighted by atomic mass is 35.5. The van der Waals surface area contributed by atoms with Gasteiger partial charge in [-0.25, -0.2) is 14.8 Å². The molecule has 0 bridgehead atoms. The van der Waals surface area contributed by atoms with E-state index in [2.05, 4.69) is 35.2 Å². The second-order valence-electron chi connectivity index (χ2n) is 19.3. The van der Waals surface area contributed by atoms with E-state index in [0.29, 0.717) is 55.9 Å². The van der Waals surface area contributed by atoms with E-state index in [9.17, 15) is 36.6 Å². The predicted octanol–water partition coefficient (Wildman–Crippen LogP) is 4.85. The molecule has 4 aromatic heterocycles. The number of aromatic carboxylic acids is 1. The fraction of sp³-hybridized carbons (Fsp3) is 0.296. The van der Waals surface area contributed by atoms with Crippen molar-refractivity contribution in [3.8, 4) is 56.8 Å². The van der Waals surface area contributed by atoms with Crippen molar-refractivity contribution in [2.75, 3.05) is 51.0 Å². The van der Waals surface area contributed by atoms with E-state index in [-0.39, 0.29) is 80.7 Å². The molecule has 436 valence electrons. The number of nitrogens with one attached hydrogen (secondary N) is 3. The van der Waals surface area contributed by atoms with Crippen LogP contribution < -0.4 is 20.5 Å². The van der Waals surface area contributed by atoms with Crippen LogP contribution in [0.4, 0.5) is 0 Å². The zero-order valence-corrected chi connectivity index (χ0v) is 46.4. The Balaban J connectivity index is 0.000000168. The van der Waals surface area contributed by atoms with Crippen molar-refractivity contribution in [3.05, 3.63) is 130 Å². The van der Waals surface area contributed by atoms with Gasteiger partial charge in [-0.1, -0.05) is 96.0 Å². The first-order valence-corrected chi connectivity index (χ1v) is 29.5. The number of aliphatic hydroxyl groups excluding tert-OH is 2. The largest absolute Gasteiger partial charge is 0.478 e. The van der Waals surface area contributed by atoms with Crippen LogP contribution in [-0.4, -0.2) is 183 Å². The Morgan fingerprint density at radius 3 is 1.31 bits per heavy atom. The smallest absolute Gasteiger partial charge is 0.335 e. The minimum Gasteiger partial charge on any atom is -0.478 e. The fourth-order valence-corrected chi connectivity index (χ4v) is 10.7. The number of aromatic nitrogens is 6. The second-order valence-corrected chi connectivity index (χ2v) is 23.3. The van der Waals surface area contributed by atoms with E-state index in [1.54, 1.807) is 60.7 Å². The summed E-state index contributed by atoms with van der Waals surface area (Å²) in [6.45, 7) is 0.795. The normalized spacial score (nSPS) is 21.8. The number of aliphatic hydroxyl groups is 2. The molecule has 29 heteroatoms. The molecule has 0 unspecified atom stereocenters. The third-order valence-electron chi connectivity index (χ3n) is 13.6. The fourth-order valence-electron chi connectivity index (χ4n) is 9.49. The number of fused-ring (bicyclic) bond motifs is 4. The Morgan fingerprint density at radius 2 is 0.940 bits per heavy atom. The summed E-state index contributed by atoms with van der Waals surface area (Å²) in [6.07, 6.45) is -3.62. The van der Waals surface area contributed by atoms with Gasteiger partial charge in [0.15, 0.2) is 23.5 Å². The number of halogens is 2. The Hall–Kier alpha value is -7.22. The summed E-state index contributed by atoms with van der Waals surface area (Å²) < 4.78 is 92.0. The van der Waals surface area contributed by atoms with Gasteiger partial charge in [-0.2, -0.15) is 26.8 Å². The third-order valence-corrected chi connectivity index (χ3v) is 15.6. The number of imidazole rings is 2. The van der Waals surface area contributed by atoms with Crippen LogP contribution >= 0.6 is 23.2 Å². The highest BCUT2D eigenvalue weighted by Gasteiger charge is 2.50. The number of amides is 1. The van der Waals surface area contributed by atoms with Crippen molar-refractivity contribution in [2.45, 2.75) is 48.8 Å². The molecule has 0 spiro atoms. The Bertz CT molecular complexity index is 3880. The average molecular weight is 1220 g/mol. The lowest BCUT2D eigenvalue weighted by molar-refractivity contribution is 0.00703. The van der Waals surface area contributed by atoms with E-state index in [1.165, 1.54) is 0 Å². The first-order valence-electron chi connectivity index (χ1n) is 25.5. The molecular weight excluding hydrogens is 1170 g/mol. The second kappa shape index (κ2) is 24.9. The molecule has 8 atom stereocenters. The van der Waals surface area contributed by atoms with Crippen LogP contribution in [0.5, 0.6) is 12.0 Å². The number of carboxylic acids is 1. The zero-order valence-electron chi connectivity index (χ0n) is 43.2. The minimum atomic E-state index is -4.14. The van der Waals surface area contributed by atoms with Crippen LogP contribution in [0, 0.1) is 0 Å². The Kier molecular flexibility index (Phi) is 17.7. The molecular formula is C54H52Cl2N8O17S2. The van der Waals surface area contributed by atoms with Crippen molar-refractivity contribution < 1.29 is 79.3 Å². The number of rotatable bonds is 15. The van der Waals surface area contributed by atoms with E-state index in [0.717, 1.165) is 33.4 Å². The number of benzene rings is 4. The van der Waals surface area contributed by atoms with Crippen LogP contribution in [0.25, 0.3) is 67.1 Å². The summed E-state index contributed by atoms with van der Waals surface area (Å²) >= 11 is 13.1. The van der Waals surface area contributed by atoms with Crippen molar-refractivity contribution in [2.24, 2.45) is 5.73 Å². The number of hydrogen-bond donors (Lipinski definition) is 9. The van der Waals surface area contributed by atoms with E-state index < -0.39 is 62.3 Å². The monoisotopic (exact) mass is 1220 g/mol. The number of nitrogens with two attached hydrogens (primary N) is 1. The minimum absolute atomic E-state index is 0.0289. The van der Waals surface area contributed by atoms with Gasteiger partial charge in [0.05, 0.1) is 76.0 Å². The molecule has 4 fully saturated rings. The maximum Gasteiger partial charge on any atom is 0.335 e. The van der Waals surface area contributed by atoms with Crippen LogP contribution in [0.1, 0.15) is 20.7 Å². The van der Waals surface area contributed by atoms with Gasteiger partial charge >= 0.3 is 5.97 Å². The standard InChI is InChI=1S/C27H25ClN4O8S.C25H20ClN3O6.C2H7NO3S/c28-18-11-19-25(32-27(30-19)40-21-13-39-23-20(33)12-38-24(21)23)31-22(18)16-5-1-14(2-6-16)15-3-7-17(8-4-15)26(34)29-9-10-41(35,36)37;26-16-9-17-23(29-25(27-17)35-19-11-34-21-18(30)10-33-22(19)21)28-20(16)14-5-1-12(2-6-14)13-3-7-15(8-4-13)24(31)32;3-1-2-7(4,5)6/h1-8,11,20-21,23-24,33H,9-10,12-13H2,(H,29,34)(H,30,31,32)(H,35,36,37);1-9,18-19,21-22,30H,10-11H2,(H,31,32)(H,27,28,29);1-3H2,(H,4,5,6)/t20-,21-,23-,24-;18-,19-,21-,22-;/m11./s1. The molecule has 4 saturated heterocycles. The molecule has 4 aliphatic rings. The summed E-state index contributed by atoms with van der Waals surface area (Å²) in [5.41, 5.74) is 13.8.